The Morgan fingerprint density at radius 1 is 1.07 bits per heavy atom. The van der Waals surface area contributed by atoms with E-state index in [2.05, 4.69) is 5.32 Å². The van der Waals surface area contributed by atoms with Crippen molar-refractivity contribution >= 4 is 17.6 Å². The summed E-state index contributed by atoms with van der Waals surface area (Å²) in [4.78, 5) is 24.3. The molecule has 0 radical (unpaired) electrons. The van der Waals surface area contributed by atoms with Crippen LogP contribution in [0, 0.1) is 0 Å². The summed E-state index contributed by atoms with van der Waals surface area (Å²) in [5.41, 5.74) is 0.779. The number of nitrogens with one attached hydrogen (secondary N) is 1. The zero-order chi connectivity index (χ0) is 21.3. The number of anilines is 1. The fourth-order valence-electron chi connectivity index (χ4n) is 2.95. The first-order chi connectivity index (χ1) is 14.6. The van der Waals surface area contributed by atoms with E-state index in [0.29, 0.717) is 35.1 Å². The average Bonchev–Trinajstić information content (AvgIpc) is 3.30. The Morgan fingerprint density at radius 2 is 1.83 bits per heavy atom. The molecule has 8 heteroatoms. The molecular weight excluding hydrogens is 390 g/mol. The highest BCUT2D eigenvalue weighted by molar-refractivity contribution is 5.96. The Bertz CT molecular complexity index is 860. The molecule has 1 aliphatic rings. The van der Waals surface area contributed by atoms with Crippen molar-refractivity contribution in [2.24, 2.45) is 0 Å². The molecule has 0 aromatic heterocycles. The van der Waals surface area contributed by atoms with Crippen LogP contribution in [-0.2, 0) is 14.3 Å². The minimum atomic E-state index is -0.600. The number of hydrogen-bond acceptors (Lipinski definition) is 7. The SMILES string of the molecule is COc1ccc(NC(=O)COC(=O)c2ccc(OCC3CCCO3)cc2)c(OC)c1. The first kappa shape index (κ1) is 21.4. The number of rotatable bonds is 9. The van der Waals surface area contributed by atoms with Gasteiger partial charge in [0.1, 0.15) is 23.9 Å². The monoisotopic (exact) mass is 415 g/mol. The van der Waals surface area contributed by atoms with Crippen LogP contribution in [0.5, 0.6) is 17.2 Å². The summed E-state index contributed by atoms with van der Waals surface area (Å²) < 4.78 is 26.6. The minimum Gasteiger partial charge on any atom is -0.497 e. The highest BCUT2D eigenvalue weighted by atomic mass is 16.5. The predicted molar refractivity (Wildman–Crippen MR) is 109 cm³/mol. The van der Waals surface area contributed by atoms with Crippen LogP contribution in [-0.4, -0.2) is 52.0 Å². The van der Waals surface area contributed by atoms with Gasteiger partial charge in [-0.05, 0) is 49.2 Å². The molecule has 0 aliphatic carbocycles. The minimum absolute atomic E-state index is 0.123. The zero-order valence-electron chi connectivity index (χ0n) is 17.0. The predicted octanol–water partition coefficient (Wildman–Crippen LogP) is 3.06. The number of carbonyl (C=O) groups excluding carboxylic acids is 2. The first-order valence-electron chi connectivity index (χ1n) is 9.62. The van der Waals surface area contributed by atoms with Crippen LogP contribution in [0.3, 0.4) is 0 Å². The number of amides is 1. The summed E-state index contributed by atoms with van der Waals surface area (Å²) >= 11 is 0. The van der Waals surface area contributed by atoms with Gasteiger partial charge in [-0.25, -0.2) is 4.79 Å². The molecule has 2 aromatic carbocycles. The van der Waals surface area contributed by atoms with Gasteiger partial charge >= 0.3 is 5.97 Å². The second-order valence-electron chi connectivity index (χ2n) is 6.66. The zero-order valence-corrected chi connectivity index (χ0v) is 17.0. The fraction of sp³-hybridized carbons (Fsp3) is 0.364. The van der Waals surface area contributed by atoms with Gasteiger partial charge in [-0.1, -0.05) is 0 Å². The van der Waals surface area contributed by atoms with E-state index in [1.165, 1.54) is 14.2 Å². The molecule has 2 aromatic rings. The van der Waals surface area contributed by atoms with Crippen LogP contribution < -0.4 is 19.5 Å². The van der Waals surface area contributed by atoms with Gasteiger partial charge in [0.15, 0.2) is 6.61 Å². The first-order valence-corrected chi connectivity index (χ1v) is 9.62. The Kier molecular flexibility index (Phi) is 7.51. The third-order valence-electron chi connectivity index (χ3n) is 4.57. The van der Waals surface area contributed by atoms with E-state index in [-0.39, 0.29) is 6.10 Å². The summed E-state index contributed by atoms with van der Waals surface area (Å²) in [6.07, 6.45) is 2.17. The number of ether oxygens (including phenoxy) is 5. The summed E-state index contributed by atoms with van der Waals surface area (Å²) in [5.74, 6) is 0.597. The molecule has 1 atom stereocenters. The average molecular weight is 415 g/mol. The maximum Gasteiger partial charge on any atom is 0.338 e. The summed E-state index contributed by atoms with van der Waals surface area (Å²) in [7, 11) is 3.02. The Morgan fingerprint density at radius 3 is 2.50 bits per heavy atom. The molecule has 1 aliphatic heterocycles. The quantitative estimate of drug-likeness (QED) is 0.629. The molecule has 160 valence electrons. The van der Waals surface area contributed by atoms with E-state index in [0.717, 1.165) is 19.4 Å². The summed E-state index contributed by atoms with van der Waals surface area (Å²) in [5, 5.41) is 2.64. The van der Waals surface area contributed by atoms with E-state index in [4.69, 9.17) is 23.7 Å². The maximum atomic E-state index is 12.2. The molecule has 0 spiro atoms. The van der Waals surface area contributed by atoms with E-state index in [1.54, 1.807) is 42.5 Å². The van der Waals surface area contributed by atoms with Gasteiger partial charge in [0.2, 0.25) is 0 Å². The van der Waals surface area contributed by atoms with E-state index in [9.17, 15) is 9.59 Å². The molecule has 8 nitrogen and oxygen atoms in total. The molecule has 1 saturated heterocycles. The van der Waals surface area contributed by atoms with Gasteiger partial charge in [-0.2, -0.15) is 0 Å². The molecular formula is C22H25NO7. The van der Waals surface area contributed by atoms with Gasteiger partial charge in [-0.15, -0.1) is 0 Å². The van der Waals surface area contributed by atoms with Crippen LogP contribution in [0.25, 0.3) is 0 Å². The van der Waals surface area contributed by atoms with Gasteiger partial charge in [-0.3, -0.25) is 4.79 Å². The van der Waals surface area contributed by atoms with Crippen LogP contribution in [0.4, 0.5) is 5.69 Å². The van der Waals surface area contributed by atoms with Crippen molar-refractivity contribution in [3.8, 4) is 17.2 Å². The van der Waals surface area contributed by atoms with Crippen molar-refractivity contribution in [2.45, 2.75) is 18.9 Å². The van der Waals surface area contributed by atoms with Crippen LogP contribution in [0.15, 0.2) is 42.5 Å². The molecule has 1 unspecified atom stereocenters. The smallest absolute Gasteiger partial charge is 0.338 e. The largest absolute Gasteiger partial charge is 0.497 e. The van der Waals surface area contributed by atoms with Gasteiger partial charge in [0.25, 0.3) is 5.91 Å². The van der Waals surface area contributed by atoms with E-state index >= 15 is 0 Å². The van der Waals surface area contributed by atoms with Crippen molar-refractivity contribution in [2.75, 3.05) is 39.4 Å². The van der Waals surface area contributed by atoms with E-state index < -0.39 is 18.5 Å². The van der Waals surface area contributed by atoms with E-state index in [1.807, 2.05) is 0 Å². The highest BCUT2D eigenvalue weighted by Gasteiger charge is 2.16. The second kappa shape index (κ2) is 10.5. The molecule has 3 rings (SSSR count). The fourth-order valence-corrected chi connectivity index (χ4v) is 2.95. The Labute approximate surface area is 175 Å². The Balaban J connectivity index is 1.47. The lowest BCUT2D eigenvalue weighted by atomic mass is 10.2. The number of hydrogen-bond donors (Lipinski definition) is 1. The number of methoxy groups -OCH3 is 2. The molecule has 1 N–H and O–H groups in total. The van der Waals surface area contributed by atoms with Crippen molar-refractivity contribution in [3.63, 3.8) is 0 Å². The lowest BCUT2D eigenvalue weighted by Crippen LogP contribution is -2.21. The normalized spacial score (nSPS) is 15.3. The van der Waals surface area contributed by atoms with Crippen molar-refractivity contribution in [3.05, 3.63) is 48.0 Å². The molecule has 0 bridgehead atoms. The second-order valence-corrected chi connectivity index (χ2v) is 6.66. The standard InChI is InChI=1S/C22H25NO7/c1-26-17-9-10-19(20(12-17)27-2)23-21(24)14-30-22(25)15-5-7-16(8-6-15)29-13-18-4-3-11-28-18/h5-10,12,18H,3-4,11,13-14H2,1-2H3,(H,23,24). The maximum absolute atomic E-state index is 12.2. The Hall–Kier alpha value is -3.26. The third kappa shape index (κ3) is 5.87. The van der Waals surface area contributed by atoms with Gasteiger partial charge in [0.05, 0.1) is 31.6 Å². The van der Waals surface area contributed by atoms with Crippen molar-refractivity contribution in [1.82, 2.24) is 0 Å². The van der Waals surface area contributed by atoms with Crippen molar-refractivity contribution < 1.29 is 33.3 Å². The number of benzene rings is 2. The van der Waals surface area contributed by atoms with Gasteiger partial charge < -0.3 is 29.0 Å². The molecule has 1 heterocycles. The number of carbonyl (C=O) groups is 2. The number of esters is 1. The van der Waals surface area contributed by atoms with Gasteiger partial charge in [0, 0.05) is 12.7 Å². The van der Waals surface area contributed by atoms with Crippen LogP contribution >= 0.6 is 0 Å². The van der Waals surface area contributed by atoms with Crippen LogP contribution in [0.1, 0.15) is 23.2 Å². The summed E-state index contributed by atoms with van der Waals surface area (Å²) in [6, 6.07) is 11.5. The lowest BCUT2D eigenvalue weighted by molar-refractivity contribution is -0.119. The van der Waals surface area contributed by atoms with Crippen molar-refractivity contribution in [1.29, 1.82) is 0 Å². The lowest BCUT2D eigenvalue weighted by Gasteiger charge is -2.12. The molecule has 30 heavy (non-hydrogen) atoms. The third-order valence-corrected chi connectivity index (χ3v) is 4.57. The molecule has 1 amide bonds. The molecule has 0 saturated carbocycles. The topological polar surface area (TPSA) is 92.3 Å². The van der Waals surface area contributed by atoms with Crippen LogP contribution in [0.2, 0.25) is 0 Å². The summed E-state index contributed by atoms with van der Waals surface area (Å²) in [6.45, 7) is 0.835. The highest BCUT2D eigenvalue weighted by Crippen LogP contribution is 2.29. The molecule has 1 fully saturated rings.